The van der Waals surface area contributed by atoms with E-state index in [1.165, 1.54) is 0 Å². The molecule has 0 spiro atoms. The first kappa shape index (κ1) is 19.9. The van der Waals surface area contributed by atoms with Crippen molar-refractivity contribution in [3.8, 4) is 5.75 Å². The van der Waals surface area contributed by atoms with Gasteiger partial charge in [-0.05, 0) is 43.2 Å². The van der Waals surface area contributed by atoms with Gasteiger partial charge in [-0.1, -0.05) is 6.07 Å². The first-order chi connectivity index (χ1) is 14.6. The molecule has 4 rings (SSSR count). The third-order valence-corrected chi connectivity index (χ3v) is 5.69. The Hall–Kier alpha value is -3.35. The van der Waals surface area contributed by atoms with Crippen LogP contribution in [0.2, 0.25) is 0 Å². The van der Waals surface area contributed by atoms with Crippen molar-refractivity contribution in [3.63, 3.8) is 0 Å². The monoisotopic (exact) mass is 407 g/mol. The minimum atomic E-state index is -0.388. The van der Waals surface area contributed by atoms with Gasteiger partial charge in [0.15, 0.2) is 0 Å². The fraction of sp³-hybridized carbons (Fsp3) is 0.348. The Kier molecular flexibility index (Phi) is 5.70. The molecule has 2 aromatic heterocycles. The number of methoxy groups -OCH3 is 1. The minimum absolute atomic E-state index is 0.0595. The summed E-state index contributed by atoms with van der Waals surface area (Å²) in [5.41, 5.74) is 1.53. The van der Waals surface area contributed by atoms with Crippen molar-refractivity contribution < 1.29 is 13.9 Å². The van der Waals surface area contributed by atoms with E-state index in [1.54, 1.807) is 19.4 Å². The van der Waals surface area contributed by atoms with Crippen molar-refractivity contribution in [2.75, 3.05) is 38.2 Å². The molecule has 1 aromatic carbocycles. The van der Waals surface area contributed by atoms with E-state index in [-0.39, 0.29) is 18.0 Å². The van der Waals surface area contributed by atoms with Gasteiger partial charge < -0.3 is 19.0 Å². The van der Waals surface area contributed by atoms with Crippen LogP contribution in [0.25, 0.3) is 11.0 Å². The summed E-state index contributed by atoms with van der Waals surface area (Å²) in [6.07, 6.45) is 2.44. The molecule has 7 heteroatoms. The zero-order valence-corrected chi connectivity index (χ0v) is 17.3. The molecule has 0 N–H and O–H groups in total. The Morgan fingerprint density at radius 3 is 2.67 bits per heavy atom. The molecular weight excluding hydrogens is 382 g/mol. The largest absolute Gasteiger partial charge is 0.497 e. The van der Waals surface area contributed by atoms with Crippen molar-refractivity contribution in [3.05, 3.63) is 64.1 Å². The van der Waals surface area contributed by atoms with E-state index in [1.807, 2.05) is 42.2 Å². The first-order valence-corrected chi connectivity index (χ1v) is 10.1. The second-order valence-electron chi connectivity index (χ2n) is 7.41. The minimum Gasteiger partial charge on any atom is -0.497 e. The van der Waals surface area contributed by atoms with Crippen LogP contribution < -0.4 is 15.3 Å². The number of nitrogens with zero attached hydrogens (tertiary/aromatic N) is 3. The molecule has 3 heterocycles. The summed E-state index contributed by atoms with van der Waals surface area (Å²) in [6.45, 7) is 4.71. The lowest BCUT2D eigenvalue weighted by atomic mass is 10.0. The van der Waals surface area contributed by atoms with Gasteiger partial charge in [0.25, 0.3) is 0 Å². The summed E-state index contributed by atoms with van der Waals surface area (Å²) in [6, 6.07) is 11.3. The highest BCUT2D eigenvalue weighted by atomic mass is 16.5. The summed E-state index contributed by atoms with van der Waals surface area (Å²) in [7, 11) is 1.57. The van der Waals surface area contributed by atoms with Crippen LogP contribution in [0, 0.1) is 6.92 Å². The predicted octanol–water partition coefficient (Wildman–Crippen LogP) is 2.79. The maximum absolute atomic E-state index is 12.7. The molecule has 0 aliphatic carbocycles. The number of hydrogen-bond donors (Lipinski definition) is 0. The van der Waals surface area contributed by atoms with E-state index in [0.29, 0.717) is 36.4 Å². The Morgan fingerprint density at radius 1 is 1.17 bits per heavy atom. The van der Waals surface area contributed by atoms with Gasteiger partial charge in [0.05, 0.1) is 7.11 Å². The third kappa shape index (κ3) is 4.01. The van der Waals surface area contributed by atoms with Crippen molar-refractivity contribution in [1.82, 2.24) is 9.88 Å². The average Bonchev–Trinajstić information content (AvgIpc) is 2.79. The SMILES string of the molecule is COc1ccc2c(C)c(CCC(=O)N3CCN(c4ccccn4)CC3)c(=O)oc2c1. The van der Waals surface area contributed by atoms with Gasteiger partial charge in [-0.2, -0.15) is 0 Å². The van der Waals surface area contributed by atoms with Crippen molar-refractivity contribution in [2.24, 2.45) is 0 Å². The number of rotatable bonds is 5. The lowest BCUT2D eigenvalue weighted by molar-refractivity contribution is -0.131. The number of carbonyl (C=O) groups is 1. The van der Waals surface area contributed by atoms with Gasteiger partial charge in [-0.25, -0.2) is 9.78 Å². The van der Waals surface area contributed by atoms with E-state index in [4.69, 9.17) is 9.15 Å². The highest BCUT2D eigenvalue weighted by Gasteiger charge is 2.22. The van der Waals surface area contributed by atoms with E-state index in [2.05, 4.69) is 9.88 Å². The molecule has 0 bridgehead atoms. The molecule has 1 saturated heterocycles. The summed E-state index contributed by atoms with van der Waals surface area (Å²) < 4.78 is 10.7. The standard InChI is InChI=1S/C23H25N3O4/c1-16-18-7-6-17(29-2)15-20(18)30-23(28)19(16)8-9-22(27)26-13-11-25(12-14-26)21-5-3-4-10-24-21/h3-7,10,15H,8-9,11-14H2,1-2H3. The molecular formula is C23H25N3O4. The zero-order valence-electron chi connectivity index (χ0n) is 17.3. The van der Waals surface area contributed by atoms with Gasteiger partial charge >= 0.3 is 5.63 Å². The second-order valence-corrected chi connectivity index (χ2v) is 7.41. The van der Waals surface area contributed by atoms with E-state index in [9.17, 15) is 9.59 Å². The Bertz CT molecular complexity index is 1100. The molecule has 1 fully saturated rings. The molecule has 0 radical (unpaired) electrons. The molecule has 0 saturated carbocycles. The number of pyridine rings is 1. The summed E-state index contributed by atoms with van der Waals surface area (Å²) in [5, 5.41) is 0.863. The van der Waals surface area contributed by atoms with Crippen LogP contribution in [0.4, 0.5) is 5.82 Å². The van der Waals surface area contributed by atoms with E-state index >= 15 is 0 Å². The second kappa shape index (κ2) is 8.57. The fourth-order valence-corrected chi connectivity index (χ4v) is 3.91. The highest BCUT2D eigenvalue weighted by Crippen LogP contribution is 2.24. The van der Waals surface area contributed by atoms with Crippen LogP contribution in [0.15, 0.2) is 51.8 Å². The molecule has 3 aromatic rings. The van der Waals surface area contributed by atoms with Crippen LogP contribution in [-0.4, -0.2) is 49.1 Å². The number of aryl methyl sites for hydroxylation is 1. The normalized spacial score (nSPS) is 14.2. The lowest BCUT2D eigenvalue weighted by Crippen LogP contribution is -2.49. The molecule has 7 nitrogen and oxygen atoms in total. The number of ether oxygens (including phenoxy) is 1. The smallest absolute Gasteiger partial charge is 0.339 e. The summed E-state index contributed by atoms with van der Waals surface area (Å²) in [4.78, 5) is 33.6. The average molecular weight is 407 g/mol. The van der Waals surface area contributed by atoms with Crippen LogP contribution in [0.3, 0.4) is 0 Å². The van der Waals surface area contributed by atoms with Crippen LogP contribution >= 0.6 is 0 Å². The predicted molar refractivity (Wildman–Crippen MR) is 115 cm³/mol. The maximum atomic E-state index is 12.7. The Labute approximate surface area is 174 Å². The van der Waals surface area contributed by atoms with Gasteiger partial charge in [-0.3, -0.25) is 4.79 Å². The lowest BCUT2D eigenvalue weighted by Gasteiger charge is -2.35. The molecule has 1 aliphatic rings. The van der Waals surface area contributed by atoms with Gasteiger partial charge in [-0.15, -0.1) is 0 Å². The first-order valence-electron chi connectivity index (χ1n) is 10.1. The molecule has 30 heavy (non-hydrogen) atoms. The Balaban J connectivity index is 1.41. The number of piperazine rings is 1. The summed E-state index contributed by atoms with van der Waals surface area (Å²) >= 11 is 0. The van der Waals surface area contributed by atoms with Crippen LogP contribution in [0.5, 0.6) is 5.75 Å². The third-order valence-electron chi connectivity index (χ3n) is 5.69. The van der Waals surface area contributed by atoms with Gasteiger partial charge in [0, 0.05) is 55.8 Å². The van der Waals surface area contributed by atoms with Crippen LogP contribution in [-0.2, 0) is 11.2 Å². The number of hydrogen-bond acceptors (Lipinski definition) is 6. The van der Waals surface area contributed by atoms with Crippen molar-refractivity contribution in [2.45, 2.75) is 19.8 Å². The van der Waals surface area contributed by atoms with Gasteiger partial charge in [0.1, 0.15) is 17.2 Å². The quantitative estimate of drug-likeness (QED) is 0.606. The number of anilines is 1. The zero-order chi connectivity index (χ0) is 21.1. The fourth-order valence-electron chi connectivity index (χ4n) is 3.91. The number of amides is 1. The van der Waals surface area contributed by atoms with Crippen molar-refractivity contribution >= 4 is 22.7 Å². The number of carbonyl (C=O) groups excluding carboxylic acids is 1. The number of fused-ring (bicyclic) bond motifs is 1. The molecule has 0 atom stereocenters. The van der Waals surface area contributed by atoms with E-state index < -0.39 is 0 Å². The number of benzene rings is 1. The molecule has 1 amide bonds. The topological polar surface area (TPSA) is 75.9 Å². The molecule has 1 aliphatic heterocycles. The highest BCUT2D eigenvalue weighted by molar-refractivity contribution is 5.83. The molecule has 0 unspecified atom stereocenters. The number of aromatic nitrogens is 1. The molecule has 156 valence electrons. The van der Waals surface area contributed by atoms with Crippen molar-refractivity contribution in [1.29, 1.82) is 0 Å². The van der Waals surface area contributed by atoms with E-state index in [0.717, 1.165) is 29.9 Å². The maximum Gasteiger partial charge on any atom is 0.339 e. The van der Waals surface area contributed by atoms with Gasteiger partial charge in [0.2, 0.25) is 5.91 Å². The van der Waals surface area contributed by atoms with Crippen LogP contribution in [0.1, 0.15) is 17.5 Å². The Morgan fingerprint density at radius 2 is 1.97 bits per heavy atom. The summed E-state index contributed by atoms with van der Waals surface area (Å²) in [5.74, 6) is 1.63.